The van der Waals surface area contributed by atoms with Crippen LogP contribution in [0, 0.1) is 11.3 Å². The molecule has 0 saturated carbocycles. The molecule has 3 N–H and O–H groups in total. The highest BCUT2D eigenvalue weighted by Gasteiger charge is 2.20. The summed E-state index contributed by atoms with van der Waals surface area (Å²) in [5.41, 5.74) is 2.09. The van der Waals surface area contributed by atoms with Gasteiger partial charge in [-0.1, -0.05) is 23.5 Å². The van der Waals surface area contributed by atoms with E-state index >= 15 is 0 Å². The zero-order valence-electron chi connectivity index (χ0n) is 16.3. The predicted molar refractivity (Wildman–Crippen MR) is 113 cm³/mol. The molecule has 8 nitrogen and oxygen atoms in total. The molecule has 0 spiro atoms. The molecule has 0 aliphatic rings. The highest BCUT2D eigenvalue weighted by atomic mass is 32.1. The van der Waals surface area contributed by atoms with Crippen molar-refractivity contribution >= 4 is 23.1 Å². The Bertz CT molecular complexity index is 1010. The minimum atomic E-state index is -0.401. The topological polar surface area (TPSA) is 120 Å². The second-order valence-corrected chi connectivity index (χ2v) is 7.49. The van der Waals surface area contributed by atoms with Gasteiger partial charge in [-0.25, -0.2) is 4.79 Å². The van der Waals surface area contributed by atoms with Crippen molar-refractivity contribution in [3.63, 3.8) is 0 Å². The van der Waals surface area contributed by atoms with E-state index in [1.54, 1.807) is 31.4 Å². The van der Waals surface area contributed by atoms with Gasteiger partial charge in [0.2, 0.25) is 0 Å². The minimum absolute atomic E-state index is 0.00954. The van der Waals surface area contributed by atoms with E-state index in [-0.39, 0.29) is 6.61 Å². The summed E-state index contributed by atoms with van der Waals surface area (Å²) in [6.45, 7) is -0.00954. The number of aliphatic hydroxyl groups is 1. The van der Waals surface area contributed by atoms with Crippen LogP contribution < -0.4 is 15.4 Å². The van der Waals surface area contributed by atoms with Gasteiger partial charge in [0.15, 0.2) is 0 Å². The summed E-state index contributed by atoms with van der Waals surface area (Å²) < 4.78 is 5.19. The first-order valence-electron chi connectivity index (χ1n) is 9.25. The Morgan fingerprint density at radius 1 is 1.20 bits per heavy atom. The van der Waals surface area contributed by atoms with Gasteiger partial charge in [-0.15, -0.1) is 10.2 Å². The quantitative estimate of drug-likeness (QED) is 0.512. The molecule has 2 aromatic carbocycles. The summed E-state index contributed by atoms with van der Waals surface area (Å²) in [6, 6.07) is 15.4. The number of nitriles is 1. The van der Waals surface area contributed by atoms with Gasteiger partial charge < -0.3 is 20.5 Å². The molecular formula is C21H21N5O3S. The van der Waals surface area contributed by atoms with Crippen LogP contribution in [0.3, 0.4) is 0 Å². The SMILES string of the molecule is COc1ccc(CC(NC(=O)Nc2ccc(C#N)cc2)c2nnc(CCO)s2)cc1. The normalized spacial score (nSPS) is 11.4. The number of anilines is 1. The van der Waals surface area contributed by atoms with Crippen molar-refractivity contribution in [3.05, 3.63) is 69.7 Å². The lowest BCUT2D eigenvalue weighted by atomic mass is 10.1. The molecule has 0 fully saturated rings. The number of hydrogen-bond acceptors (Lipinski definition) is 7. The number of ether oxygens (including phenoxy) is 1. The Balaban J connectivity index is 1.74. The molecule has 154 valence electrons. The second kappa shape index (κ2) is 10.3. The van der Waals surface area contributed by atoms with Crippen molar-refractivity contribution in [2.45, 2.75) is 18.9 Å². The first-order valence-corrected chi connectivity index (χ1v) is 10.1. The van der Waals surface area contributed by atoms with Gasteiger partial charge in [0.25, 0.3) is 0 Å². The predicted octanol–water partition coefficient (Wildman–Crippen LogP) is 3.06. The van der Waals surface area contributed by atoms with Gasteiger partial charge in [0, 0.05) is 18.7 Å². The first kappa shape index (κ1) is 21.2. The van der Waals surface area contributed by atoms with Crippen LogP contribution in [0.15, 0.2) is 48.5 Å². The number of amides is 2. The molecule has 0 saturated heterocycles. The molecule has 2 amide bonds. The summed E-state index contributed by atoms with van der Waals surface area (Å²) in [4.78, 5) is 12.6. The number of hydrogen-bond donors (Lipinski definition) is 3. The van der Waals surface area contributed by atoms with Crippen molar-refractivity contribution in [2.24, 2.45) is 0 Å². The van der Waals surface area contributed by atoms with Gasteiger partial charge in [0.05, 0.1) is 24.8 Å². The van der Waals surface area contributed by atoms with Gasteiger partial charge in [-0.3, -0.25) is 0 Å². The Labute approximate surface area is 178 Å². The van der Waals surface area contributed by atoms with E-state index < -0.39 is 12.1 Å². The third kappa shape index (κ3) is 5.76. The zero-order chi connectivity index (χ0) is 21.3. The van der Waals surface area contributed by atoms with Crippen LogP contribution in [-0.2, 0) is 12.8 Å². The van der Waals surface area contributed by atoms with Crippen molar-refractivity contribution in [1.29, 1.82) is 5.26 Å². The van der Waals surface area contributed by atoms with E-state index in [0.29, 0.717) is 34.1 Å². The molecule has 3 aromatic rings. The summed E-state index contributed by atoms with van der Waals surface area (Å²) in [7, 11) is 1.61. The molecule has 9 heteroatoms. The third-order valence-electron chi connectivity index (χ3n) is 4.28. The number of aliphatic hydroxyl groups excluding tert-OH is 1. The summed E-state index contributed by atoms with van der Waals surface area (Å²) in [6.07, 6.45) is 0.933. The Morgan fingerprint density at radius 3 is 2.57 bits per heavy atom. The lowest BCUT2D eigenvalue weighted by Gasteiger charge is -2.17. The van der Waals surface area contributed by atoms with Crippen LogP contribution in [0.2, 0.25) is 0 Å². The molecule has 0 bridgehead atoms. The van der Waals surface area contributed by atoms with Crippen LogP contribution in [0.5, 0.6) is 5.75 Å². The van der Waals surface area contributed by atoms with Crippen LogP contribution >= 0.6 is 11.3 Å². The maximum absolute atomic E-state index is 12.6. The molecule has 0 aliphatic heterocycles. The van der Waals surface area contributed by atoms with E-state index in [2.05, 4.69) is 20.8 Å². The van der Waals surface area contributed by atoms with Crippen molar-refractivity contribution in [1.82, 2.24) is 15.5 Å². The number of aromatic nitrogens is 2. The molecule has 0 radical (unpaired) electrons. The molecule has 0 aliphatic carbocycles. The van der Waals surface area contributed by atoms with E-state index in [0.717, 1.165) is 11.3 Å². The number of nitrogens with one attached hydrogen (secondary N) is 2. The molecule has 1 unspecified atom stereocenters. The van der Waals surface area contributed by atoms with Crippen LogP contribution in [-0.4, -0.2) is 35.1 Å². The summed E-state index contributed by atoms with van der Waals surface area (Å²) in [5, 5.41) is 33.4. The van der Waals surface area contributed by atoms with Crippen LogP contribution in [0.25, 0.3) is 0 Å². The molecular weight excluding hydrogens is 402 g/mol. The molecule has 1 aromatic heterocycles. The maximum Gasteiger partial charge on any atom is 0.319 e. The fourth-order valence-electron chi connectivity index (χ4n) is 2.75. The fourth-order valence-corrected chi connectivity index (χ4v) is 3.64. The highest BCUT2D eigenvalue weighted by molar-refractivity contribution is 7.11. The minimum Gasteiger partial charge on any atom is -0.497 e. The Kier molecular flexibility index (Phi) is 7.32. The Morgan fingerprint density at radius 2 is 1.93 bits per heavy atom. The van der Waals surface area contributed by atoms with E-state index in [9.17, 15) is 4.79 Å². The number of benzene rings is 2. The number of carbonyl (C=O) groups excluding carboxylic acids is 1. The number of rotatable bonds is 8. The third-order valence-corrected chi connectivity index (χ3v) is 5.38. The van der Waals surface area contributed by atoms with Crippen LogP contribution in [0.1, 0.15) is 27.2 Å². The number of methoxy groups -OCH3 is 1. The molecule has 3 rings (SSSR count). The second-order valence-electron chi connectivity index (χ2n) is 6.40. The van der Waals surface area contributed by atoms with Gasteiger partial charge in [-0.2, -0.15) is 5.26 Å². The fraction of sp³-hybridized carbons (Fsp3) is 0.238. The molecule has 1 heterocycles. The number of carbonyl (C=O) groups is 1. The lowest BCUT2D eigenvalue weighted by molar-refractivity contribution is 0.248. The van der Waals surface area contributed by atoms with Crippen LogP contribution in [0.4, 0.5) is 10.5 Å². The lowest BCUT2D eigenvalue weighted by Crippen LogP contribution is -2.33. The first-order chi connectivity index (χ1) is 14.6. The smallest absolute Gasteiger partial charge is 0.319 e. The largest absolute Gasteiger partial charge is 0.497 e. The van der Waals surface area contributed by atoms with E-state index in [1.807, 2.05) is 30.3 Å². The highest BCUT2D eigenvalue weighted by Crippen LogP contribution is 2.24. The van der Waals surface area contributed by atoms with Gasteiger partial charge in [-0.05, 0) is 48.4 Å². The van der Waals surface area contributed by atoms with Crippen molar-refractivity contribution < 1.29 is 14.6 Å². The zero-order valence-corrected chi connectivity index (χ0v) is 17.1. The number of nitrogens with zero attached hydrogens (tertiary/aromatic N) is 3. The average Bonchev–Trinajstić information content (AvgIpc) is 3.23. The molecule has 30 heavy (non-hydrogen) atoms. The summed E-state index contributed by atoms with van der Waals surface area (Å²) >= 11 is 1.36. The van der Waals surface area contributed by atoms with Crippen molar-refractivity contribution in [2.75, 3.05) is 19.0 Å². The monoisotopic (exact) mass is 423 g/mol. The summed E-state index contributed by atoms with van der Waals surface area (Å²) in [5.74, 6) is 0.753. The van der Waals surface area contributed by atoms with E-state index in [1.165, 1.54) is 11.3 Å². The Hall–Kier alpha value is -3.48. The molecule has 1 atom stereocenters. The van der Waals surface area contributed by atoms with Gasteiger partial charge in [0.1, 0.15) is 15.8 Å². The maximum atomic E-state index is 12.6. The van der Waals surface area contributed by atoms with Crippen molar-refractivity contribution in [3.8, 4) is 11.8 Å². The van der Waals surface area contributed by atoms with Gasteiger partial charge >= 0.3 is 6.03 Å². The van der Waals surface area contributed by atoms with E-state index in [4.69, 9.17) is 15.1 Å². The number of urea groups is 1. The standard InChI is InChI=1S/C21H21N5O3S/c1-29-17-8-4-14(5-9-17)12-18(20-26-25-19(30-20)10-11-27)24-21(28)23-16-6-2-15(13-22)3-7-16/h2-9,18,27H,10-12H2,1H3,(H2,23,24,28). The average molecular weight is 423 g/mol.